The van der Waals surface area contributed by atoms with E-state index >= 15 is 0 Å². The van der Waals surface area contributed by atoms with Crippen molar-refractivity contribution in [2.75, 3.05) is 32.9 Å². The molecular weight excluding hydrogens is 338 g/mol. The maximum Gasteiger partial charge on any atom is 0.249 e. The van der Waals surface area contributed by atoms with Crippen LogP contribution in [0.3, 0.4) is 0 Å². The fraction of sp³-hybridized carbons (Fsp3) is 0.778. The molecule has 25 heavy (non-hydrogen) atoms. The molecule has 1 aromatic heterocycles. The van der Waals surface area contributed by atoms with Gasteiger partial charge in [0.1, 0.15) is 11.6 Å². The number of rotatable bonds is 6. The number of carbonyl (C=O) groups is 1. The Labute approximate surface area is 152 Å². The van der Waals surface area contributed by atoms with Crippen LogP contribution in [0.2, 0.25) is 0 Å². The molecule has 1 aliphatic carbocycles. The first kappa shape index (κ1) is 17.4. The molecule has 0 aromatic carbocycles. The summed E-state index contributed by atoms with van der Waals surface area (Å²) in [4.78, 5) is 19.4. The van der Waals surface area contributed by atoms with Gasteiger partial charge in [-0.2, -0.15) is 0 Å². The summed E-state index contributed by atoms with van der Waals surface area (Å²) in [5.41, 5.74) is 0.330. The van der Waals surface area contributed by atoms with E-state index in [4.69, 9.17) is 9.47 Å². The lowest BCUT2D eigenvalue weighted by Gasteiger charge is -2.30. The molecule has 3 heterocycles. The molecule has 2 aliphatic heterocycles. The van der Waals surface area contributed by atoms with Crippen LogP contribution in [0, 0.1) is 5.41 Å². The van der Waals surface area contributed by atoms with Crippen LogP contribution in [-0.4, -0.2) is 60.8 Å². The topological polar surface area (TPSA) is 63.7 Å². The molecule has 4 rings (SSSR count). The van der Waals surface area contributed by atoms with Gasteiger partial charge in [-0.05, 0) is 50.6 Å². The van der Waals surface area contributed by atoms with E-state index in [1.165, 1.54) is 12.8 Å². The monoisotopic (exact) mass is 365 g/mol. The van der Waals surface area contributed by atoms with Crippen molar-refractivity contribution in [2.24, 2.45) is 5.41 Å². The van der Waals surface area contributed by atoms with Gasteiger partial charge in [-0.15, -0.1) is 11.3 Å². The zero-order chi connectivity index (χ0) is 17.1. The minimum absolute atomic E-state index is 0.113. The molecule has 2 saturated heterocycles. The minimum atomic E-state index is 0.113. The van der Waals surface area contributed by atoms with E-state index in [9.17, 15) is 4.79 Å². The molecular formula is C18H27N3O3S. The van der Waals surface area contributed by atoms with Crippen molar-refractivity contribution in [3.63, 3.8) is 0 Å². The molecule has 1 saturated carbocycles. The van der Waals surface area contributed by atoms with Gasteiger partial charge >= 0.3 is 0 Å². The molecule has 0 bridgehead atoms. The Morgan fingerprint density at radius 1 is 1.40 bits per heavy atom. The first-order chi connectivity index (χ1) is 12.3. The van der Waals surface area contributed by atoms with Crippen molar-refractivity contribution < 1.29 is 14.3 Å². The summed E-state index contributed by atoms with van der Waals surface area (Å²) in [7, 11) is 0. The first-order valence-corrected chi connectivity index (χ1v) is 10.2. The predicted octanol–water partition coefficient (Wildman–Crippen LogP) is 1.81. The SMILES string of the molecule is O=C(COC1CCOCC1)N(Cc1nccs1)C1CC12CCNCC2. The fourth-order valence-corrected chi connectivity index (χ4v) is 4.81. The molecule has 3 aliphatic rings. The van der Waals surface area contributed by atoms with Gasteiger partial charge in [0.05, 0.1) is 12.6 Å². The quantitative estimate of drug-likeness (QED) is 0.833. The molecule has 1 spiro atoms. The van der Waals surface area contributed by atoms with Crippen LogP contribution in [0.4, 0.5) is 0 Å². The number of carbonyl (C=O) groups excluding carboxylic acids is 1. The number of nitrogens with one attached hydrogen (secondary N) is 1. The molecule has 7 heteroatoms. The van der Waals surface area contributed by atoms with Gasteiger partial charge in [0.25, 0.3) is 0 Å². The van der Waals surface area contributed by atoms with Gasteiger partial charge in [0.15, 0.2) is 0 Å². The summed E-state index contributed by atoms with van der Waals surface area (Å²) in [5, 5.41) is 6.42. The summed E-state index contributed by atoms with van der Waals surface area (Å²) in [5.74, 6) is 0.113. The number of aromatic nitrogens is 1. The Bertz CT molecular complexity index is 568. The third-order valence-corrected chi connectivity index (χ3v) is 6.61. The maximum absolute atomic E-state index is 13.0. The van der Waals surface area contributed by atoms with E-state index < -0.39 is 0 Å². The number of hydrogen-bond acceptors (Lipinski definition) is 6. The van der Waals surface area contributed by atoms with E-state index in [-0.39, 0.29) is 18.6 Å². The third-order valence-electron chi connectivity index (χ3n) is 5.84. The number of piperidine rings is 1. The number of thiazole rings is 1. The van der Waals surface area contributed by atoms with E-state index in [0.717, 1.165) is 50.6 Å². The lowest BCUT2D eigenvalue weighted by molar-refractivity contribution is -0.142. The highest BCUT2D eigenvalue weighted by atomic mass is 32.1. The van der Waals surface area contributed by atoms with Crippen molar-refractivity contribution >= 4 is 17.2 Å². The number of amides is 1. The van der Waals surface area contributed by atoms with E-state index in [1.807, 2.05) is 16.5 Å². The Balaban J connectivity index is 1.39. The van der Waals surface area contributed by atoms with Crippen LogP contribution in [0.1, 0.15) is 37.1 Å². The average Bonchev–Trinajstić information content (AvgIpc) is 3.08. The largest absolute Gasteiger partial charge is 0.381 e. The molecule has 6 nitrogen and oxygen atoms in total. The van der Waals surface area contributed by atoms with Gasteiger partial charge < -0.3 is 19.7 Å². The Morgan fingerprint density at radius 2 is 2.20 bits per heavy atom. The molecule has 138 valence electrons. The molecule has 1 amide bonds. The molecule has 1 aromatic rings. The number of nitrogens with zero attached hydrogens (tertiary/aromatic N) is 2. The van der Waals surface area contributed by atoms with Crippen molar-refractivity contribution in [3.05, 3.63) is 16.6 Å². The van der Waals surface area contributed by atoms with Gasteiger partial charge in [0, 0.05) is 30.8 Å². The third kappa shape index (κ3) is 4.05. The highest BCUT2D eigenvalue weighted by molar-refractivity contribution is 7.09. The summed E-state index contributed by atoms with van der Waals surface area (Å²) in [6, 6.07) is 0.351. The summed E-state index contributed by atoms with van der Waals surface area (Å²) < 4.78 is 11.3. The molecule has 1 unspecified atom stereocenters. The van der Waals surface area contributed by atoms with Crippen molar-refractivity contribution in [1.82, 2.24) is 15.2 Å². The van der Waals surface area contributed by atoms with Gasteiger partial charge in [-0.1, -0.05) is 0 Å². The zero-order valence-corrected chi connectivity index (χ0v) is 15.4. The molecule has 3 fully saturated rings. The highest BCUT2D eigenvalue weighted by Gasteiger charge is 2.57. The minimum Gasteiger partial charge on any atom is -0.381 e. The Morgan fingerprint density at radius 3 is 2.92 bits per heavy atom. The second-order valence-electron chi connectivity index (χ2n) is 7.40. The second kappa shape index (κ2) is 7.70. The Kier molecular flexibility index (Phi) is 5.36. The maximum atomic E-state index is 13.0. The molecule has 1 N–H and O–H groups in total. The van der Waals surface area contributed by atoms with Gasteiger partial charge in [-0.25, -0.2) is 4.98 Å². The molecule has 0 radical (unpaired) electrons. The summed E-state index contributed by atoms with van der Waals surface area (Å²) >= 11 is 1.62. The highest BCUT2D eigenvalue weighted by Crippen LogP contribution is 2.56. The van der Waals surface area contributed by atoms with Gasteiger partial charge in [-0.3, -0.25) is 4.79 Å². The summed E-state index contributed by atoms with van der Waals surface area (Å²) in [6.45, 7) is 4.40. The zero-order valence-electron chi connectivity index (χ0n) is 14.6. The smallest absolute Gasteiger partial charge is 0.249 e. The Hall–Kier alpha value is -1.02. The lowest BCUT2D eigenvalue weighted by atomic mass is 9.93. The molecule has 1 atom stereocenters. The van der Waals surface area contributed by atoms with Crippen LogP contribution in [0.15, 0.2) is 11.6 Å². The second-order valence-corrected chi connectivity index (χ2v) is 8.38. The van der Waals surface area contributed by atoms with Crippen molar-refractivity contribution in [3.8, 4) is 0 Å². The van der Waals surface area contributed by atoms with E-state index in [0.29, 0.717) is 18.0 Å². The average molecular weight is 365 g/mol. The van der Waals surface area contributed by atoms with Crippen LogP contribution in [0.5, 0.6) is 0 Å². The van der Waals surface area contributed by atoms with Crippen molar-refractivity contribution in [1.29, 1.82) is 0 Å². The van der Waals surface area contributed by atoms with E-state index in [2.05, 4.69) is 10.3 Å². The lowest BCUT2D eigenvalue weighted by Crippen LogP contribution is -2.41. The first-order valence-electron chi connectivity index (χ1n) is 9.35. The van der Waals surface area contributed by atoms with Crippen LogP contribution >= 0.6 is 11.3 Å². The summed E-state index contributed by atoms with van der Waals surface area (Å²) in [6.07, 6.45) is 7.21. The van der Waals surface area contributed by atoms with E-state index in [1.54, 1.807) is 11.3 Å². The van der Waals surface area contributed by atoms with Crippen LogP contribution in [-0.2, 0) is 20.8 Å². The number of hydrogen-bond donors (Lipinski definition) is 1. The standard InChI is InChI=1S/C18H27N3O3S/c22-17(13-24-14-1-8-23-9-2-14)21(12-16-20-7-10-25-16)15-11-18(15)3-5-19-6-4-18/h7,10,14-15,19H,1-6,8-9,11-13H2. The normalized spacial score (nSPS) is 25.8. The van der Waals surface area contributed by atoms with Gasteiger partial charge in [0.2, 0.25) is 5.91 Å². The van der Waals surface area contributed by atoms with Crippen LogP contribution in [0.25, 0.3) is 0 Å². The van der Waals surface area contributed by atoms with Crippen LogP contribution < -0.4 is 5.32 Å². The van der Waals surface area contributed by atoms with Crippen molar-refractivity contribution in [2.45, 2.75) is 50.8 Å². The predicted molar refractivity (Wildman–Crippen MR) is 95.4 cm³/mol. The fourth-order valence-electron chi connectivity index (χ4n) is 4.19. The number of ether oxygens (including phenoxy) is 2.